The second kappa shape index (κ2) is 42.6. The van der Waals surface area contributed by atoms with E-state index in [1.807, 2.05) is 0 Å². The van der Waals surface area contributed by atoms with Crippen molar-refractivity contribution >= 4 is 19.8 Å². The summed E-state index contributed by atoms with van der Waals surface area (Å²) in [6.07, 6.45) is 52.8. The van der Waals surface area contributed by atoms with Crippen molar-refractivity contribution in [2.45, 2.75) is 225 Å². The molecule has 2 N–H and O–H groups in total. The van der Waals surface area contributed by atoms with Crippen molar-refractivity contribution in [3.63, 3.8) is 0 Å². The normalized spacial score (nSPS) is 12.9. The van der Waals surface area contributed by atoms with Crippen molar-refractivity contribution in [1.82, 2.24) is 0 Å². The van der Waals surface area contributed by atoms with Crippen LogP contribution in [-0.4, -0.2) is 41.0 Å². The summed E-state index contributed by atoms with van der Waals surface area (Å²) in [6.45, 7) is 3.56. The zero-order valence-electron chi connectivity index (χ0n) is 36.0. The first-order valence-corrected chi connectivity index (χ1v) is 24.5. The van der Waals surface area contributed by atoms with Gasteiger partial charge in [0.05, 0.1) is 6.61 Å². The molecule has 1 atom stereocenters. The predicted octanol–water partition coefficient (Wildman–Crippen LogP) is 14.3. The number of carbonyl (C=O) groups excluding carboxylic acids is 2. The maximum atomic E-state index is 12.4. The summed E-state index contributed by atoms with van der Waals surface area (Å²) in [5.41, 5.74) is 0. The summed E-state index contributed by atoms with van der Waals surface area (Å²) < 4.78 is 26.4. The molecule has 56 heavy (non-hydrogen) atoms. The molecule has 0 amide bonds. The minimum atomic E-state index is -4.77. The molecule has 0 spiro atoms. The van der Waals surface area contributed by atoms with Crippen LogP contribution in [0.25, 0.3) is 0 Å². The first-order chi connectivity index (χ1) is 27.3. The highest BCUT2D eigenvalue weighted by Crippen LogP contribution is 2.36. The number of hydrogen-bond donors (Lipinski definition) is 2. The summed E-state index contributed by atoms with van der Waals surface area (Å²) >= 11 is 0. The molecule has 0 aliphatic rings. The fourth-order valence-electron chi connectivity index (χ4n) is 6.45. The lowest BCUT2D eigenvalue weighted by molar-refractivity contribution is -0.161. The average molecular weight is 809 g/mol. The van der Waals surface area contributed by atoms with Crippen molar-refractivity contribution in [2.24, 2.45) is 0 Å². The number of carbonyl (C=O) groups is 2. The van der Waals surface area contributed by atoms with Crippen LogP contribution >= 0.6 is 7.82 Å². The maximum Gasteiger partial charge on any atom is 0.469 e. The monoisotopic (exact) mass is 809 g/mol. The van der Waals surface area contributed by atoms with E-state index in [1.165, 1.54) is 116 Å². The van der Waals surface area contributed by atoms with Gasteiger partial charge in [-0.25, -0.2) is 4.57 Å². The third-order valence-corrected chi connectivity index (χ3v) is 10.3. The van der Waals surface area contributed by atoms with E-state index in [9.17, 15) is 14.2 Å². The molecular formula is C47H85O8P. The van der Waals surface area contributed by atoms with Crippen molar-refractivity contribution < 1.29 is 37.9 Å². The van der Waals surface area contributed by atoms with Gasteiger partial charge in [-0.15, -0.1) is 0 Å². The van der Waals surface area contributed by atoms with Crippen LogP contribution < -0.4 is 0 Å². The van der Waals surface area contributed by atoms with E-state index in [0.717, 1.165) is 64.2 Å². The highest BCUT2D eigenvalue weighted by Gasteiger charge is 2.22. The van der Waals surface area contributed by atoms with Gasteiger partial charge in [-0.05, 0) is 64.2 Å². The van der Waals surface area contributed by atoms with Crippen molar-refractivity contribution in [3.05, 3.63) is 48.6 Å². The molecule has 0 rings (SSSR count). The molecule has 0 fully saturated rings. The Morgan fingerprint density at radius 1 is 0.482 bits per heavy atom. The summed E-state index contributed by atoms with van der Waals surface area (Å²) in [6, 6.07) is 0. The Kier molecular flexibility index (Phi) is 41.1. The highest BCUT2D eigenvalue weighted by atomic mass is 31.2. The standard InChI is InChI=1S/C47H85O8P/c1-3-5-7-9-11-13-15-17-19-20-21-22-23-24-25-26-28-30-32-34-36-38-40-42-47(49)55-45(44-54-56(50,51)52)43-53-46(48)41-39-37-35-33-31-29-27-18-16-14-12-10-8-6-4-2/h6,8,12,14,18,27,34,36,45H,3-5,7,9-11,13,15-17,19-26,28-33,35,37-44H2,1-2H3,(H2,50,51,52)/b8-6+,14-12+,27-18+,36-34+/t45-/m1/s1. The number of rotatable bonds is 42. The van der Waals surface area contributed by atoms with Crippen molar-refractivity contribution in [2.75, 3.05) is 13.2 Å². The number of allylic oxidation sites excluding steroid dienone is 8. The molecule has 9 heteroatoms. The molecule has 0 aliphatic carbocycles. The van der Waals surface area contributed by atoms with Crippen LogP contribution in [0.3, 0.4) is 0 Å². The lowest BCUT2D eigenvalue weighted by atomic mass is 10.0. The summed E-state index contributed by atoms with van der Waals surface area (Å²) in [5.74, 6) is -0.938. The van der Waals surface area contributed by atoms with Gasteiger partial charge in [0.1, 0.15) is 6.61 Å². The molecule has 326 valence electrons. The number of phosphoric acid groups is 1. The quantitative estimate of drug-likeness (QED) is 0.0271. The van der Waals surface area contributed by atoms with Gasteiger partial charge >= 0.3 is 19.8 Å². The summed E-state index contributed by atoms with van der Waals surface area (Å²) in [4.78, 5) is 42.9. The van der Waals surface area contributed by atoms with Crippen molar-refractivity contribution in [1.29, 1.82) is 0 Å². The Bertz CT molecular complexity index is 1050. The van der Waals surface area contributed by atoms with Gasteiger partial charge in [0, 0.05) is 12.8 Å². The number of unbranched alkanes of at least 4 members (excludes halogenated alkanes) is 24. The molecule has 0 bridgehead atoms. The van der Waals surface area contributed by atoms with E-state index in [2.05, 4.69) is 67.0 Å². The number of phosphoric ester groups is 1. The zero-order chi connectivity index (χ0) is 41.1. The Labute approximate surface area is 344 Å². The summed E-state index contributed by atoms with van der Waals surface area (Å²) in [7, 11) is -4.77. The predicted molar refractivity (Wildman–Crippen MR) is 234 cm³/mol. The van der Waals surface area contributed by atoms with Gasteiger partial charge in [0.15, 0.2) is 6.10 Å². The van der Waals surface area contributed by atoms with Gasteiger partial charge in [-0.1, -0.05) is 191 Å². The van der Waals surface area contributed by atoms with E-state index in [4.69, 9.17) is 19.3 Å². The number of esters is 2. The first-order valence-electron chi connectivity index (χ1n) is 22.9. The Morgan fingerprint density at radius 2 is 0.875 bits per heavy atom. The van der Waals surface area contributed by atoms with Crippen LogP contribution in [0.1, 0.15) is 219 Å². The van der Waals surface area contributed by atoms with Gasteiger partial charge in [-0.2, -0.15) is 0 Å². The molecule has 0 saturated carbocycles. The molecule has 0 radical (unpaired) electrons. The van der Waals surface area contributed by atoms with Crippen molar-refractivity contribution in [3.8, 4) is 0 Å². The number of ether oxygens (including phenoxy) is 2. The third-order valence-electron chi connectivity index (χ3n) is 9.83. The largest absolute Gasteiger partial charge is 0.469 e. The Balaban J connectivity index is 3.88. The average Bonchev–Trinajstić information content (AvgIpc) is 3.17. The van der Waals surface area contributed by atoms with Gasteiger partial charge in [-0.3, -0.25) is 14.1 Å². The minimum Gasteiger partial charge on any atom is -0.462 e. The van der Waals surface area contributed by atoms with E-state index < -0.39 is 32.5 Å². The number of hydrogen-bond acceptors (Lipinski definition) is 6. The van der Waals surface area contributed by atoms with Crippen LogP contribution in [0, 0.1) is 0 Å². The second-order valence-electron chi connectivity index (χ2n) is 15.3. The van der Waals surface area contributed by atoms with E-state index in [0.29, 0.717) is 12.8 Å². The van der Waals surface area contributed by atoms with E-state index in [-0.39, 0.29) is 19.4 Å². The van der Waals surface area contributed by atoms with Gasteiger partial charge < -0.3 is 19.3 Å². The molecule has 0 aromatic carbocycles. The Morgan fingerprint density at radius 3 is 1.36 bits per heavy atom. The molecule has 0 aliphatic heterocycles. The van der Waals surface area contributed by atoms with Crippen LogP contribution in [-0.2, 0) is 28.2 Å². The molecular weight excluding hydrogens is 723 g/mol. The van der Waals surface area contributed by atoms with Crippen LogP contribution in [0.5, 0.6) is 0 Å². The summed E-state index contributed by atoms with van der Waals surface area (Å²) in [5, 5.41) is 0. The minimum absolute atomic E-state index is 0.160. The molecule has 0 aromatic rings. The topological polar surface area (TPSA) is 119 Å². The zero-order valence-corrected chi connectivity index (χ0v) is 36.9. The van der Waals surface area contributed by atoms with Gasteiger partial charge in [0.2, 0.25) is 0 Å². The molecule has 0 aromatic heterocycles. The van der Waals surface area contributed by atoms with Crippen LogP contribution in [0.4, 0.5) is 0 Å². The lowest BCUT2D eigenvalue weighted by Gasteiger charge is -2.18. The Hall–Kier alpha value is -1.99. The van der Waals surface area contributed by atoms with Gasteiger partial charge in [0.25, 0.3) is 0 Å². The molecule has 0 saturated heterocycles. The smallest absolute Gasteiger partial charge is 0.462 e. The third kappa shape index (κ3) is 44.7. The van der Waals surface area contributed by atoms with E-state index >= 15 is 0 Å². The second-order valence-corrected chi connectivity index (χ2v) is 16.6. The SMILES string of the molecule is CC/C=C/C/C=C/C/C=C/CCCCCCCC(=O)OC[C@H](COP(=O)(O)O)OC(=O)CCC/C=C/CCCCCCCCCCCCCCCCCCCC. The first kappa shape index (κ1) is 54.0. The van der Waals surface area contributed by atoms with Crippen LogP contribution in [0.15, 0.2) is 48.6 Å². The lowest BCUT2D eigenvalue weighted by Crippen LogP contribution is -2.29. The fourth-order valence-corrected chi connectivity index (χ4v) is 6.81. The van der Waals surface area contributed by atoms with E-state index in [1.54, 1.807) is 0 Å². The fraction of sp³-hybridized carbons (Fsp3) is 0.787. The molecule has 0 heterocycles. The molecule has 0 unspecified atom stereocenters. The molecule has 8 nitrogen and oxygen atoms in total. The highest BCUT2D eigenvalue weighted by molar-refractivity contribution is 7.46. The van der Waals surface area contributed by atoms with Crippen LogP contribution in [0.2, 0.25) is 0 Å². The maximum absolute atomic E-state index is 12.4.